The molecule has 0 amide bonds. The van der Waals surface area contributed by atoms with Gasteiger partial charge in [0, 0.05) is 12.2 Å². The number of methoxy groups -OCH3 is 2. The van der Waals surface area contributed by atoms with Crippen LogP contribution in [-0.2, 0) is 6.54 Å². The molecule has 0 saturated carbocycles. The average Bonchev–Trinajstić information content (AvgIpc) is 2.49. The number of nitrogens with one attached hydrogen (secondary N) is 1. The zero-order valence-corrected chi connectivity index (χ0v) is 13.8. The van der Waals surface area contributed by atoms with E-state index in [0.717, 1.165) is 11.3 Å². The van der Waals surface area contributed by atoms with Gasteiger partial charge in [0.25, 0.3) is 0 Å². The zero-order valence-electron chi connectivity index (χ0n) is 11.5. The third kappa shape index (κ3) is 3.67. The van der Waals surface area contributed by atoms with Crippen LogP contribution in [0.15, 0.2) is 30.3 Å². The monoisotopic (exact) mass is 345 g/mol. The molecule has 0 radical (unpaired) electrons. The maximum atomic E-state index is 6.32. The van der Waals surface area contributed by atoms with E-state index in [1.807, 2.05) is 18.2 Å². The highest BCUT2D eigenvalue weighted by molar-refractivity contribution is 6.42. The fourth-order valence-corrected chi connectivity index (χ4v) is 2.47. The Morgan fingerprint density at radius 1 is 0.952 bits per heavy atom. The van der Waals surface area contributed by atoms with Crippen molar-refractivity contribution in [3.05, 3.63) is 51.0 Å². The van der Waals surface area contributed by atoms with E-state index in [1.165, 1.54) is 0 Å². The third-order valence-electron chi connectivity index (χ3n) is 2.97. The summed E-state index contributed by atoms with van der Waals surface area (Å²) in [7, 11) is 3.13. The summed E-state index contributed by atoms with van der Waals surface area (Å²) >= 11 is 18.2. The number of halogens is 3. The molecule has 112 valence electrons. The average molecular weight is 347 g/mol. The molecule has 3 nitrogen and oxygen atoms in total. The van der Waals surface area contributed by atoms with Crippen LogP contribution in [0.4, 0.5) is 5.69 Å². The van der Waals surface area contributed by atoms with Crippen LogP contribution in [0.25, 0.3) is 0 Å². The van der Waals surface area contributed by atoms with E-state index in [4.69, 9.17) is 44.3 Å². The molecule has 21 heavy (non-hydrogen) atoms. The van der Waals surface area contributed by atoms with Gasteiger partial charge in [-0.05, 0) is 29.8 Å². The van der Waals surface area contributed by atoms with Crippen molar-refractivity contribution in [2.24, 2.45) is 0 Å². The molecule has 0 fully saturated rings. The van der Waals surface area contributed by atoms with Crippen LogP contribution in [0.5, 0.6) is 11.5 Å². The highest BCUT2D eigenvalue weighted by atomic mass is 35.5. The molecule has 0 saturated heterocycles. The van der Waals surface area contributed by atoms with E-state index in [9.17, 15) is 0 Å². The Morgan fingerprint density at radius 2 is 1.71 bits per heavy atom. The molecule has 2 aromatic rings. The molecule has 0 aliphatic rings. The van der Waals surface area contributed by atoms with Gasteiger partial charge < -0.3 is 14.8 Å². The van der Waals surface area contributed by atoms with E-state index in [1.54, 1.807) is 26.4 Å². The quantitative estimate of drug-likeness (QED) is 0.799. The summed E-state index contributed by atoms with van der Waals surface area (Å²) in [4.78, 5) is 0. The standard InChI is InChI=1S/C15H14Cl3NO2/c1-20-13-6-3-9(14(18)15(13)21-2)8-19-10-4-5-11(16)12(17)7-10/h3-7,19H,8H2,1-2H3. The number of hydrogen-bond acceptors (Lipinski definition) is 3. The van der Waals surface area contributed by atoms with Crippen LogP contribution >= 0.6 is 34.8 Å². The molecule has 0 atom stereocenters. The number of hydrogen-bond donors (Lipinski definition) is 1. The van der Waals surface area contributed by atoms with Gasteiger partial charge in [-0.2, -0.15) is 0 Å². The largest absolute Gasteiger partial charge is 0.493 e. The van der Waals surface area contributed by atoms with Crippen molar-refractivity contribution in [3.63, 3.8) is 0 Å². The van der Waals surface area contributed by atoms with Gasteiger partial charge in [0.2, 0.25) is 0 Å². The maximum Gasteiger partial charge on any atom is 0.179 e. The van der Waals surface area contributed by atoms with E-state index >= 15 is 0 Å². The van der Waals surface area contributed by atoms with Crippen LogP contribution in [-0.4, -0.2) is 14.2 Å². The highest BCUT2D eigenvalue weighted by Gasteiger charge is 2.12. The fraction of sp³-hybridized carbons (Fsp3) is 0.200. The molecule has 2 aromatic carbocycles. The summed E-state index contributed by atoms with van der Waals surface area (Å²) in [5, 5.41) is 4.77. The molecule has 0 spiro atoms. The summed E-state index contributed by atoms with van der Waals surface area (Å²) in [5.41, 5.74) is 1.75. The molecule has 1 N–H and O–H groups in total. The van der Waals surface area contributed by atoms with Gasteiger partial charge in [-0.15, -0.1) is 0 Å². The summed E-state index contributed by atoms with van der Waals surface area (Å²) < 4.78 is 10.5. The molecular weight excluding hydrogens is 333 g/mol. The molecule has 0 aliphatic heterocycles. The Kier molecular flexibility index (Phi) is 5.45. The molecule has 0 unspecified atom stereocenters. The second-order valence-electron chi connectivity index (χ2n) is 4.26. The lowest BCUT2D eigenvalue weighted by Gasteiger charge is -2.14. The van der Waals surface area contributed by atoms with Crippen molar-refractivity contribution >= 4 is 40.5 Å². The first-order valence-electron chi connectivity index (χ1n) is 6.15. The summed E-state index contributed by atoms with van der Waals surface area (Å²) in [6.07, 6.45) is 0. The van der Waals surface area contributed by atoms with Gasteiger partial charge in [-0.1, -0.05) is 40.9 Å². The number of anilines is 1. The van der Waals surface area contributed by atoms with E-state index < -0.39 is 0 Å². The third-order valence-corrected chi connectivity index (χ3v) is 4.12. The first-order chi connectivity index (χ1) is 10.1. The van der Waals surface area contributed by atoms with Crippen molar-refractivity contribution in [1.82, 2.24) is 0 Å². The predicted molar refractivity (Wildman–Crippen MR) is 88.3 cm³/mol. The van der Waals surface area contributed by atoms with Crippen molar-refractivity contribution in [2.75, 3.05) is 19.5 Å². The smallest absolute Gasteiger partial charge is 0.179 e. The normalized spacial score (nSPS) is 10.3. The Labute approximate surface area is 138 Å². The molecule has 0 aliphatic carbocycles. The molecule has 0 bridgehead atoms. The lowest BCUT2D eigenvalue weighted by Crippen LogP contribution is -2.02. The van der Waals surface area contributed by atoms with Crippen molar-refractivity contribution in [1.29, 1.82) is 0 Å². The second-order valence-corrected chi connectivity index (χ2v) is 5.45. The molecule has 0 heterocycles. The highest BCUT2D eigenvalue weighted by Crippen LogP contribution is 2.37. The minimum Gasteiger partial charge on any atom is -0.493 e. The van der Waals surface area contributed by atoms with Crippen LogP contribution in [0.2, 0.25) is 15.1 Å². The van der Waals surface area contributed by atoms with Crippen molar-refractivity contribution < 1.29 is 9.47 Å². The number of rotatable bonds is 5. The molecule has 0 aromatic heterocycles. The number of ether oxygens (including phenoxy) is 2. The van der Waals surface area contributed by atoms with Crippen LogP contribution in [0.1, 0.15) is 5.56 Å². The van der Waals surface area contributed by atoms with E-state index in [2.05, 4.69) is 5.32 Å². The van der Waals surface area contributed by atoms with Gasteiger partial charge in [-0.25, -0.2) is 0 Å². The van der Waals surface area contributed by atoms with Crippen LogP contribution < -0.4 is 14.8 Å². The van der Waals surface area contributed by atoms with Gasteiger partial charge in [0.1, 0.15) is 0 Å². The molecule has 6 heteroatoms. The topological polar surface area (TPSA) is 30.5 Å². The Balaban J connectivity index is 2.18. The number of benzene rings is 2. The zero-order chi connectivity index (χ0) is 15.4. The van der Waals surface area contributed by atoms with Gasteiger partial charge >= 0.3 is 0 Å². The lowest BCUT2D eigenvalue weighted by molar-refractivity contribution is 0.355. The Morgan fingerprint density at radius 3 is 2.33 bits per heavy atom. The fourth-order valence-electron chi connectivity index (χ4n) is 1.87. The second kappa shape index (κ2) is 7.12. The summed E-state index contributed by atoms with van der Waals surface area (Å²) in [6, 6.07) is 9.05. The minimum absolute atomic E-state index is 0.500. The van der Waals surface area contributed by atoms with Crippen molar-refractivity contribution in [3.8, 4) is 11.5 Å². The van der Waals surface area contributed by atoms with Gasteiger partial charge in [0.05, 0.1) is 29.3 Å². The van der Waals surface area contributed by atoms with E-state index in [0.29, 0.717) is 33.1 Å². The molecular formula is C15H14Cl3NO2. The van der Waals surface area contributed by atoms with Gasteiger partial charge in [-0.3, -0.25) is 0 Å². The SMILES string of the molecule is COc1ccc(CNc2ccc(Cl)c(Cl)c2)c(Cl)c1OC. The summed E-state index contributed by atoms with van der Waals surface area (Å²) in [5.74, 6) is 1.12. The lowest BCUT2D eigenvalue weighted by atomic mass is 10.2. The van der Waals surface area contributed by atoms with Crippen LogP contribution in [0.3, 0.4) is 0 Å². The summed E-state index contributed by atoms with van der Waals surface area (Å²) in [6.45, 7) is 0.525. The molecule has 2 rings (SSSR count). The minimum atomic E-state index is 0.500. The van der Waals surface area contributed by atoms with Gasteiger partial charge in [0.15, 0.2) is 11.5 Å². The first kappa shape index (κ1) is 16.1. The predicted octanol–water partition coefficient (Wildman–Crippen LogP) is 5.28. The Bertz CT molecular complexity index is 647. The maximum absolute atomic E-state index is 6.32. The Hall–Kier alpha value is -1.29. The first-order valence-corrected chi connectivity index (χ1v) is 7.28. The van der Waals surface area contributed by atoms with E-state index in [-0.39, 0.29) is 0 Å². The van der Waals surface area contributed by atoms with Crippen molar-refractivity contribution in [2.45, 2.75) is 6.54 Å². The van der Waals surface area contributed by atoms with Crippen LogP contribution in [0, 0.1) is 0 Å².